The molecule has 0 saturated carbocycles. The molecule has 0 fully saturated rings. The second-order valence-corrected chi connectivity index (χ2v) is 7.95. The molecule has 172 valence electrons. The van der Waals surface area contributed by atoms with Crippen LogP contribution in [0.25, 0.3) is 16.7 Å². The molecule has 0 bridgehead atoms. The summed E-state index contributed by atoms with van der Waals surface area (Å²) in [6.07, 6.45) is 6.46. The molecule has 9 heteroatoms. The number of imidazole rings is 1. The van der Waals surface area contributed by atoms with Crippen LogP contribution in [-0.2, 0) is 7.05 Å². The van der Waals surface area contributed by atoms with Crippen LogP contribution in [0.3, 0.4) is 0 Å². The van der Waals surface area contributed by atoms with Gasteiger partial charge >= 0.3 is 0 Å². The first-order valence-electron chi connectivity index (χ1n) is 11.0. The molecule has 0 unspecified atom stereocenters. The van der Waals surface area contributed by atoms with Gasteiger partial charge in [-0.25, -0.2) is 15.0 Å². The summed E-state index contributed by atoms with van der Waals surface area (Å²) in [5.74, 6) is 6.74. The molecule has 9 nitrogen and oxygen atoms in total. The van der Waals surface area contributed by atoms with E-state index >= 15 is 0 Å². The number of rotatable bonds is 4. The Labute approximate surface area is 201 Å². The average molecular weight is 463 g/mol. The highest BCUT2D eigenvalue weighted by Gasteiger charge is 2.23. The molecular formula is C26H22N8O. The number of carbonyl (C=O) groups is 1. The summed E-state index contributed by atoms with van der Waals surface area (Å²) in [4.78, 5) is 25.8. The maximum atomic E-state index is 12.9. The molecule has 0 aliphatic heterocycles. The first-order valence-corrected chi connectivity index (χ1v) is 11.0. The molecule has 0 aliphatic rings. The number of para-hydroxylation sites is 2. The minimum Gasteiger partial charge on any atom is -0.382 e. The zero-order valence-corrected chi connectivity index (χ0v) is 19.2. The van der Waals surface area contributed by atoms with Gasteiger partial charge in [-0.1, -0.05) is 36.1 Å². The van der Waals surface area contributed by atoms with Crippen molar-refractivity contribution in [2.75, 3.05) is 5.73 Å². The predicted molar refractivity (Wildman–Crippen MR) is 133 cm³/mol. The standard InChI is InChI=1S/C26H22N8O/c1-17(31-26(35)22-24(27)29-14-13-28-22)25-32-21-10-6-7-19(12-11-18-15-30-33(2)16-18)23(21)34(25)20-8-4-3-5-9-20/h3-10,13-17H,1-2H3,(H2,27,29)(H,31,35)/t17-/m1/s1. The van der Waals surface area contributed by atoms with Crippen molar-refractivity contribution in [2.24, 2.45) is 7.05 Å². The number of nitrogens with zero attached hydrogens (tertiary/aromatic N) is 6. The van der Waals surface area contributed by atoms with Crippen molar-refractivity contribution < 1.29 is 4.79 Å². The summed E-state index contributed by atoms with van der Waals surface area (Å²) in [6.45, 7) is 1.87. The Bertz CT molecular complexity index is 1590. The summed E-state index contributed by atoms with van der Waals surface area (Å²) in [6, 6.07) is 15.2. The Morgan fingerprint density at radius 2 is 1.86 bits per heavy atom. The van der Waals surface area contributed by atoms with E-state index in [9.17, 15) is 4.79 Å². The molecule has 0 aliphatic carbocycles. The van der Waals surface area contributed by atoms with Crippen LogP contribution in [0.2, 0.25) is 0 Å². The molecule has 0 spiro atoms. The van der Waals surface area contributed by atoms with Crippen molar-refractivity contribution in [1.82, 2.24) is 34.6 Å². The molecule has 3 heterocycles. The van der Waals surface area contributed by atoms with Crippen LogP contribution in [0.1, 0.15) is 40.4 Å². The molecule has 5 aromatic rings. The summed E-state index contributed by atoms with van der Waals surface area (Å²) in [5, 5.41) is 7.13. The van der Waals surface area contributed by atoms with Gasteiger partial charge < -0.3 is 11.1 Å². The van der Waals surface area contributed by atoms with Gasteiger partial charge in [0.25, 0.3) is 5.91 Å². The third-order valence-electron chi connectivity index (χ3n) is 5.44. The molecule has 3 aromatic heterocycles. The number of nitrogen functional groups attached to an aromatic ring is 1. The van der Waals surface area contributed by atoms with Crippen molar-refractivity contribution in [1.29, 1.82) is 0 Å². The number of aromatic nitrogens is 6. The lowest BCUT2D eigenvalue weighted by molar-refractivity contribution is 0.0933. The fourth-order valence-electron chi connectivity index (χ4n) is 3.85. The zero-order chi connectivity index (χ0) is 24.4. The van der Waals surface area contributed by atoms with Gasteiger partial charge in [-0.3, -0.25) is 14.0 Å². The number of fused-ring (bicyclic) bond motifs is 1. The molecule has 1 amide bonds. The fraction of sp³-hybridized carbons (Fsp3) is 0.115. The van der Waals surface area contributed by atoms with Crippen molar-refractivity contribution in [3.8, 4) is 17.5 Å². The van der Waals surface area contributed by atoms with E-state index in [0.717, 1.165) is 27.8 Å². The highest BCUT2D eigenvalue weighted by Crippen LogP contribution is 2.28. The zero-order valence-electron chi connectivity index (χ0n) is 19.2. The first kappa shape index (κ1) is 21.9. The van der Waals surface area contributed by atoms with Gasteiger partial charge in [0.2, 0.25) is 0 Å². The lowest BCUT2D eigenvalue weighted by atomic mass is 10.1. The second-order valence-electron chi connectivity index (χ2n) is 7.95. The summed E-state index contributed by atoms with van der Waals surface area (Å²) in [7, 11) is 1.85. The summed E-state index contributed by atoms with van der Waals surface area (Å²) in [5.41, 5.74) is 10.1. The van der Waals surface area contributed by atoms with E-state index in [1.54, 1.807) is 10.9 Å². The van der Waals surface area contributed by atoms with Gasteiger partial charge in [0.05, 0.1) is 34.4 Å². The van der Waals surface area contributed by atoms with E-state index in [-0.39, 0.29) is 11.5 Å². The first-order chi connectivity index (χ1) is 17.0. The number of nitrogens with two attached hydrogens (primary N) is 1. The van der Waals surface area contributed by atoms with Crippen LogP contribution in [0.5, 0.6) is 0 Å². The summed E-state index contributed by atoms with van der Waals surface area (Å²) >= 11 is 0. The van der Waals surface area contributed by atoms with Crippen molar-refractivity contribution in [3.63, 3.8) is 0 Å². The number of hydrogen-bond donors (Lipinski definition) is 2. The highest BCUT2D eigenvalue weighted by molar-refractivity contribution is 5.96. The van der Waals surface area contributed by atoms with E-state index in [1.165, 1.54) is 12.4 Å². The maximum Gasteiger partial charge on any atom is 0.274 e. The van der Waals surface area contributed by atoms with Crippen LogP contribution in [0.15, 0.2) is 73.3 Å². The number of aryl methyl sites for hydroxylation is 1. The predicted octanol–water partition coefficient (Wildman–Crippen LogP) is 3.02. The van der Waals surface area contributed by atoms with Crippen LogP contribution in [-0.4, -0.2) is 35.2 Å². The number of amides is 1. The number of hydrogen-bond acceptors (Lipinski definition) is 6. The minimum absolute atomic E-state index is 0.0710. The van der Waals surface area contributed by atoms with E-state index in [1.807, 2.05) is 73.3 Å². The maximum absolute atomic E-state index is 12.9. The number of carbonyl (C=O) groups excluding carboxylic acids is 1. The Kier molecular flexibility index (Phi) is 5.69. The third-order valence-corrected chi connectivity index (χ3v) is 5.44. The number of benzene rings is 2. The Morgan fingerprint density at radius 1 is 1.06 bits per heavy atom. The number of anilines is 1. The van der Waals surface area contributed by atoms with Gasteiger partial charge in [0.1, 0.15) is 5.82 Å². The molecule has 5 rings (SSSR count). The van der Waals surface area contributed by atoms with E-state index in [4.69, 9.17) is 10.7 Å². The summed E-state index contributed by atoms with van der Waals surface area (Å²) < 4.78 is 3.73. The Morgan fingerprint density at radius 3 is 2.60 bits per heavy atom. The smallest absolute Gasteiger partial charge is 0.274 e. The van der Waals surface area contributed by atoms with Gasteiger partial charge in [-0.05, 0) is 31.2 Å². The van der Waals surface area contributed by atoms with Gasteiger partial charge in [-0.2, -0.15) is 5.10 Å². The van der Waals surface area contributed by atoms with Crippen LogP contribution in [0.4, 0.5) is 5.82 Å². The van der Waals surface area contributed by atoms with Crippen molar-refractivity contribution >= 4 is 22.8 Å². The highest BCUT2D eigenvalue weighted by atomic mass is 16.2. The van der Waals surface area contributed by atoms with Crippen LogP contribution >= 0.6 is 0 Å². The molecule has 0 saturated heterocycles. The Hall–Kier alpha value is -4.97. The molecule has 3 N–H and O–H groups in total. The average Bonchev–Trinajstić information content (AvgIpc) is 3.47. The quantitative estimate of drug-likeness (QED) is 0.397. The van der Waals surface area contributed by atoms with E-state index in [0.29, 0.717) is 5.82 Å². The second kappa shape index (κ2) is 9.11. The molecular weight excluding hydrogens is 440 g/mol. The molecule has 2 aromatic carbocycles. The Balaban J connectivity index is 1.62. The number of nitrogens with one attached hydrogen (secondary N) is 1. The van der Waals surface area contributed by atoms with E-state index in [2.05, 4.69) is 32.2 Å². The SMILES string of the molecule is C[C@@H](NC(=O)c1nccnc1N)c1nc2cccc(C#Cc3cnn(C)c3)c2n1-c1ccccc1. The van der Waals surface area contributed by atoms with Crippen molar-refractivity contribution in [2.45, 2.75) is 13.0 Å². The van der Waals surface area contributed by atoms with E-state index < -0.39 is 11.9 Å². The lowest BCUT2D eigenvalue weighted by Gasteiger charge is -2.17. The minimum atomic E-state index is -0.462. The third kappa shape index (κ3) is 4.32. The largest absolute Gasteiger partial charge is 0.382 e. The van der Waals surface area contributed by atoms with Crippen molar-refractivity contribution in [3.05, 3.63) is 96.0 Å². The van der Waals surface area contributed by atoms with Gasteiger partial charge in [0, 0.05) is 31.3 Å². The van der Waals surface area contributed by atoms with Gasteiger partial charge in [-0.15, -0.1) is 0 Å². The fourth-order valence-corrected chi connectivity index (χ4v) is 3.85. The van der Waals surface area contributed by atoms with Crippen LogP contribution in [0, 0.1) is 11.8 Å². The molecule has 0 radical (unpaired) electrons. The lowest BCUT2D eigenvalue weighted by Crippen LogP contribution is -2.30. The van der Waals surface area contributed by atoms with Gasteiger partial charge in [0.15, 0.2) is 11.5 Å². The van der Waals surface area contributed by atoms with Crippen LogP contribution < -0.4 is 11.1 Å². The normalized spacial score (nSPS) is 11.6. The topological polar surface area (TPSA) is 117 Å². The molecule has 1 atom stereocenters. The monoisotopic (exact) mass is 462 g/mol. The molecule has 35 heavy (non-hydrogen) atoms.